The Balaban J connectivity index is 2.34. The molecule has 21 heavy (non-hydrogen) atoms. The topological polar surface area (TPSA) is 101 Å². The van der Waals surface area contributed by atoms with Crippen LogP contribution >= 0.6 is 11.6 Å². The van der Waals surface area contributed by atoms with Crippen LogP contribution in [0.2, 0.25) is 5.02 Å². The highest BCUT2D eigenvalue weighted by atomic mass is 35.5. The van der Waals surface area contributed by atoms with Crippen molar-refractivity contribution in [2.75, 3.05) is 10.5 Å². The van der Waals surface area contributed by atoms with E-state index in [1.54, 1.807) is 6.07 Å². The predicted octanol–water partition coefficient (Wildman–Crippen LogP) is 2.54. The monoisotopic (exact) mass is 332 g/mol. The molecule has 0 bridgehead atoms. The summed E-state index contributed by atoms with van der Waals surface area (Å²) in [5.74, 6) is -0.973. The fourth-order valence-corrected chi connectivity index (χ4v) is 3.19. The number of H-pyrrole nitrogens is 1. The third-order valence-corrected chi connectivity index (χ3v) is 4.32. The second-order valence-electron chi connectivity index (χ2n) is 4.45. The number of aryl methyl sites for hydroxylation is 1. The third kappa shape index (κ3) is 3.45. The minimum absolute atomic E-state index is 0.0514. The van der Waals surface area contributed by atoms with Crippen LogP contribution in [0.15, 0.2) is 23.1 Å². The summed E-state index contributed by atoms with van der Waals surface area (Å²) in [6.07, 6.45) is 1.61. The molecule has 1 aromatic carbocycles. The number of nitrogens with one attached hydrogen (secondary N) is 2. The van der Waals surface area contributed by atoms with Gasteiger partial charge in [-0.1, -0.05) is 24.9 Å². The number of nitrogen functional groups attached to an aromatic ring is 1. The minimum atomic E-state index is -4.16. The highest BCUT2D eigenvalue weighted by Gasteiger charge is 2.23. The van der Waals surface area contributed by atoms with Crippen LogP contribution < -0.4 is 10.5 Å². The SMILES string of the molecule is CCCc1cc(NS(=O)(=O)c2cc(N)cc(Cl)c2F)n[nH]1. The van der Waals surface area contributed by atoms with E-state index in [0.717, 1.165) is 30.7 Å². The Kier molecular flexibility index (Phi) is 4.38. The van der Waals surface area contributed by atoms with Crippen LogP contribution in [0.4, 0.5) is 15.9 Å². The number of nitrogens with two attached hydrogens (primary N) is 1. The molecular weight excluding hydrogens is 319 g/mol. The summed E-state index contributed by atoms with van der Waals surface area (Å²) in [6.45, 7) is 1.98. The first kappa shape index (κ1) is 15.6. The molecular formula is C12H14ClFN4O2S. The van der Waals surface area contributed by atoms with Crippen molar-refractivity contribution in [1.29, 1.82) is 0 Å². The molecule has 1 aromatic heterocycles. The second kappa shape index (κ2) is 5.90. The van der Waals surface area contributed by atoms with Crippen LogP contribution in [-0.2, 0) is 16.4 Å². The van der Waals surface area contributed by atoms with Crippen molar-refractivity contribution in [3.05, 3.63) is 34.7 Å². The van der Waals surface area contributed by atoms with Crippen molar-refractivity contribution in [2.45, 2.75) is 24.7 Å². The molecule has 0 amide bonds. The van der Waals surface area contributed by atoms with Gasteiger partial charge >= 0.3 is 0 Å². The molecule has 0 atom stereocenters. The summed E-state index contributed by atoms with van der Waals surface area (Å²) in [6, 6.07) is 3.69. The molecule has 0 fully saturated rings. The zero-order valence-corrected chi connectivity index (χ0v) is 12.7. The van der Waals surface area contributed by atoms with Gasteiger partial charge in [-0.25, -0.2) is 12.8 Å². The van der Waals surface area contributed by atoms with E-state index in [9.17, 15) is 12.8 Å². The van der Waals surface area contributed by atoms with Gasteiger partial charge in [0, 0.05) is 17.4 Å². The zero-order chi connectivity index (χ0) is 15.6. The number of sulfonamides is 1. The first-order chi connectivity index (χ1) is 9.83. The predicted molar refractivity (Wildman–Crippen MR) is 79.2 cm³/mol. The molecule has 2 rings (SSSR count). The van der Waals surface area contributed by atoms with Crippen molar-refractivity contribution in [1.82, 2.24) is 10.2 Å². The van der Waals surface area contributed by atoms with E-state index in [4.69, 9.17) is 17.3 Å². The summed E-state index contributed by atoms with van der Waals surface area (Å²) in [4.78, 5) is -0.618. The number of nitrogens with zero attached hydrogens (tertiary/aromatic N) is 1. The fraction of sp³-hybridized carbons (Fsp3) is 0.250. The van der Waals surface area contributed by atoms with Gasteiger partial charge in [0.15, 0.2) is 11.6 Å². The van der Waals surface area contributed by atoms with Crippen LogP contribution in [0.25, 0.3) is 0 Å². The van der Waals surface area contributed by atoms with Gasteiger partial charge in [-0.05, 0) is 18.6 Å². The number of hydrogen-bond donors (Lipinski definition) is 3. The van der Waals surface area contributed by atoms with Gasteiger partial charge in [0.25, 0.3) is 10.0 Å². The highest BCUT2D eigenvalue weighted by Crippen LogP contribution is 2.27. The number of aromatic amines is 1. The zero-order valence-electron chi connectivity index (χ0n) is 11.2. The molecule has 2 aromatic rings. The van der Waals surface area contributed by atoms with Gasteiger partial charge < -0.3 is 5.73 Å². The normalized spacial score (nSPS) is 11.6. The maximum absolute atomic E-state index is 13.9. The molecule has 0 aliphatic rings. The van der Waals surface area contributed by atoms with Gasteiger partial charge in [0.1, 0.15) is 4.90 Å². The summed E-state index contributed by atoms with van der Waals surface area (Å²) < 4.78 is 40.4. The molecule has 0 aliphatic heterocycles. The quantitative estimate of drug-likeness (QED) is 0.732. The number of aromatic nitrogens is 2. The van der Waals surface area contributed by atoms with E-state index in [2.05, 4.69) is 14.9 Å². The first-order valence-electron chi connectivity index (χ1n) is 6.15. The van der Waals surface area contributed by atoms with Crippen LogP contribution in [0.1, 0.15) is 19.0 Å². The maximum Gasteiger partial charge on any atom is 0.266 e. The van der Waals surface area contributed by atoms with Crippen molar-refractivity contribution in [3.8, 4) is 0 Å². The molecule has 0 aliphatic carbocycles. The van der Waals surface area contributed by atoms with Crippen molar-refractivity contribution >= 4 is 33.1 Å². The van der Waals surface area contributed by atoms with E-state index in [1.807, 2.05) is 6.92 Å². The van der Waals surface area contributed by atoms with Gasteiger partial charge in [-0.3, -0.25) is 9.82 Å². The first-order valence-corrected chi connectivity index (χ1v) is 8.01. The summed E-state index contributed by atoms with van der Waals surface area (Å²) in [7, 11) is -4.16. The lowest BCUT2D eigenvalue weighted by Crippen LogP contribution is -2.15. The van der Waals surface area contributed by atoms with Gasteiger partial charge in [-0.2, -0.15) is 5.10 Å². The summed E-state index contributed by atoms with van der Waals surface area (Å²) in [5.41, 5.74) is 6.33. The number of benzene rings is 1. The smallest absolute Gasteiger partial charge is 0.266 e. The molecule has 0 spiro atoms. The van der Waals surface area contributed by atoms with Crippen LogP contribution in [-0.4, -0.2) is 18.6 Å². The number of hydrogen-bond acceptors (Lipinski definition) is 4. The molecule has 4 N–H and O–H groups in total. The van der Waals surface area contributed by atoms with Gasteiger partial charge in [0.05, 0.1) is 5.02 Å². The maximum atomic E-state index is 13.9. The van der Waals surface area contributed by atoms with Crippen molar-refractivity contribution in [2.24, 2.45) is 0 Å². The number of rotatable bonds is 5. The Morgan fingerprint density at radius 3 is 2.81 bits per heavy atom. The summed E-state index contributed by atoms with van der Waals surface area (Å²) in [5, 5.41) is 6.16. The second-order valence-corrected chi connectivity index (χ2v) is 6.51. The molecule has 0 saturated carbocycles. The Labute approximate surface area is 126 Å². The highest BCUT2D eigenvalue weighted by molar-refractivity contribution is 7.92. The van der Waals surface area contributed by atoms with Crippen molar-refractivity contribution < 1.29 is 12.8 Å². The Bertz CT molecular complexity index is 761. The Morgan fingerprint density at radius 2 is 2.14 bits per heavy atom. The lowest BCUT2D eigenvalue weighted by molar-refractivity contribution is 0.570. The average molecular weight is 333 g/mol. The fourth-order valence-electron chi connectivity index (χ4n) is 1.78. The van der Waals surface area contributed by atoms with E-state index in [0.29, 0.717) is 0 Å². The van der Waals surface area contributed by atoms with E-state index in [1.165, 1.54) is 0 Å². The minimum Gasteiger partial charge on any atom is -0.399 e. The molecule has 0 unspecified atom stereocenters. The van der Waals surface area contributed by atoms with E-state index >= 15 is 0 Å². The number of halogens is 2. The standard InChI is InChI=1S/C12H14ClFN4O2S/c1-2-3-8-6-11(17-16-8)18-21(19,20)10-5-7(15)4-9(13)12(10)14/h4-6H,2-3,15H2,1H3,(H2,16,17,18). The number of anilines is 2. The Hall–Kier alpha value is -1.80. The average Bonchev–Trinajstić information content (AvgIpc) is 2.80. The Morgan fingerprint density at radius 1 is 1.43 bits per heavy atom. The van der Waals surface area contributed by atoms with E-state index < -0.39 is 20.7 Å². The van der Waals surface area contributed by atoms with Gasteiger partial charge in [-0.15, -0.1) is 0 Å². The molecule has 1 heterocycles. The largest absolute Gasteiger partial charge is 0.399 e. The molecule has 0 radical (unpaired) electrons. The molecule has 114 valence electrons. The molecule has 6 nitrogen and oxygen atoms in total. The van der Waals surface area contributed by atoms with Crippen LogP contribution in [0.5, 0.6) is 0 Å². The van der Waals surface area contributed by atoms with E-state index in [-0.39, 0.29) is 16.5 Å². The summed E-state index contributed by atoms with van der Waals surface area (Å²) >= 11 is 5.60. The van der Waals surface area contributed by atoms with Gasteiger partial charge in [0.2, 0.25) is 0 Å². The lowest BCUT2D eigenvalue weighted by Gasteiger charge is -2.08. The molecule has 0 saturated heterocycles. The van der Waals surface area contributed by atoms with Crippen LogP contribution in [0, 0.1) is 5.82 Å². The lowest BCUT2D eigenvalue weighted by atomic mass is 10.2. The third-order valence-electron chi connectivity index (χ3n) is 2.70. The van der Waals surface area contributed by atoms with Crippen molar-refractivity contribution in [3.63, 3.8) is 0 Å². The molecule has 9 heteroatoms. The van der Waals surface area contributed by atoms with Crippen LogP contribution in [0.3, 0.4) is 0 Å².